The highest BCUT2D eigenvalue weighted by atomic mass is 16.3. The van der Waals surface area contributed by atoms with Crippen molar-refractivity contribution in [2.24, 2.45) is 0 Å². The van der Waals surface area contributed by atoms with Crippen LogP contribution < -0.4 is 0 Å². The topological polar surface area (TPSA) is 65.0 Å². The molecule has 11 rings (SSSR count). The van der Waals surface area contributed by atoms with Crippen molar-refractivity contribution in [3.8, 4) is 67.5 Å². The number of para-hydroxylation sites is 2. The molecule has 0 aliphatic carbocycles. The average Bonchev–Trinajstić information content (AvgIpc) is 3.86. The van der Waals surface area contributed by atoms with E-state index in [2.05, 4.69) is 103 Å². The molecule has 262 valence electrons. The molecule has 0 saturated heterocycles. The van der Waals surface area contributed by atoms with Gasteiger partial charge >= 0.3 is 0 Å². The van der Waals surface area contributed by atoms with Crippen molar-refractivity contribution in [1.29, 1.82) is 0 Å². The van der Waals surface area contributed by atoms with E-state index in [1.54, 1.807) is 0 Å². The zero-order chi connectivity index (χ0) is 37.0. The summed E-state index contributed by atoms with van der Waals surface area (Å²) in [5.74, 6) is 1.81. The molecule has 11 aromatic rings. The highest BCUT2D eigenvalue weighted by molar-refractivity contribution is 6.19. The Balaban J connectivity index is 1.07. The molecule has 5 nitrogen and oxygen atoms in total. The first-order valence-corrected chi connectivity index (χ1v) is 18.7. The van der Waals surface area contributed by atoms with Crippen LogP contribution >= 0.6 is 0 Å². The van der Waals surface area contributed by atoms with Gasteiger partial charge in [-0.3, -0.25) is 0 Å². The maximum absolute atomic E-state index is 6.82. The molecule has 0 radical (unpaired) electrons. The van der Waals surface area contributed by atoms with Crippen LogP contribution in [0.3, 0.4) is 0 Å². The van der Waals surface area contributed by atoms with Crippen molar-refractivity contribution in [2.45, 2.75) is 0 Å². The van der Waals surface area contributed by atoms with Crippen molar-refractivity contribution >= 4 is 43.9 Å². The van der Waals surface area contributed by atoms with Crippen molar-refractivity contribution in [1.82, 2.24) is 15.0 Å². The maximum Gasteiger partial charge on any atom is 0.164 e. The predicted octanol–water partition coefficient (Wildman–Crippen LogP) is 13.7. The van der Waals surface area contributed by atoms with Gasteiger partial charge in [0.15, 0.2) is 17.5 Å². The molecule has 0 bridgehead atoms. The fourth-order valence-corrected chi connectivity index (χ4v) is 7.86. The molecule has 0 amide bonds. The summed E-state index contributed by atoms with van der Waals surface area (Å²) >= 11 is 0. The van der Waals surface area contributed by atoms with Crippen LogP contribution in [-0.2, 0) is 0 Å². The average molecular weight is 718 g/mol. The van der Waals surface area contributed by atoms with Crippen molar-refractivity contribution in [3.63, 3.8) is 0 Å². The van der Waals surface area contributed by atoms with Crippen LogP contribution in [0.2, 0.25) is 0 Å². The predicted molar refractivity (Wildman–Crippen MR) is 227 cm³/mol. The van der Waals surface area contributed by atoms with Gasteiger partial charge < -0.3 is 8.83 Å². The molecule has 0 aliphatic rings. The number of benzene rings is 8. The second-order valence-corrected chi connectivity index (χ2v) is 13.9. The van der Waals surface area contributed by atoms with Crippen LogP contribution in [0.25, 0.3) is 111 Å². The van der Waals surface area contributed by atoms with Crippen molar-refractivity contribution in [2.75, 3.05) is 0 Å². The van der Waals surface area contributed by atoms with Gasteiger partial charge in [0.2, 0.25) is 0 Å². The summed E-state index contributed by atoms with van der Waals surface area (Å²) in [4.78, 5) is 14.8. The number of fused-ring (bicyclic) bond motifs is 6. The lowest BCUT2D eigenvalue weighted by Gasteiger charge is -2.10. The SMILES string of the molecule is c1ccc(-c2cccc(-c3ccc(-c4cccc5c4oc4cc(-c6nc(-c7ccccc7)nc(-c7ccccc7)n6)ccc45)c4oc5ccccc5c34)c2)cc1. The second-order valence-electron chi connectivity index (χ2n) is 13.9. The zero-order valence-electron chi connectivity index (χ0n) is 30.1. The Morgan fingerprint density at radius 2 is 0.821 bits per heavy atom. The van der Waals surface area contributed by atoms with Gasteiger partial charge in [-0.15, -0.1) is 0 Å². The molecule has 56 heavy (non-hydrogen) atoms. The number of rotatable bonds is 6. The fraction of sp³-hybridized carbons (Fsp3) is 0. The van der Waals surface area contributed by atoms with E-state index in [0.717, 1.165) is 82.8 Å². The smallest absolute Gasteiger partial charge is 0.164 e. The fourth-order valence-electron chi connectivity index (χ4n) is 7.86. The molecule has 5 heteroatoms. The number of hydrogen-bond donors (Lipinski definition) is 0. The maximum atomic E-state index is 6.82. The van der Waals surface area contributed by atoms with Crippen LogP contribution in [0.1, 0.15) is 0 Å². The highest BCUT2D eigenvalue weighted by Gasteiger charge is 2.21. The van der Waals surface area contributed by atoms with E-state index < -0.39 is 0 Å². The van der Waals surface area contributed by atoms with Gasteiger partial charge in [0.1, 0.15) is 22.3 Å². The number of nitrogens with zero attached hydrogens (tertiary/aromatic N) is 3. The Kier molecular flexibility index (Phi) is 7.42. The summed E-state index contributed by atoms with van der Waals surface area (Å²) in [5, 5.41) is 4.20. The second kappa shape index (κ2) is 13.0. The van der Waals surface area contributed by atoms with Crippen molar-refractivity contribution in [3.05, 3.63) is 188 Å². The molecule has 3 heterocycles. The van der Waals surface area contributed by atoms with Gasteiger partial charge in [-0.25, -0.2) is 15.0 Å². The Bertz CT molecular complexity index is 3180. The minimum Gasteiger partial charge on any atom is -0.455 e. The quantitative estimate of drug-likeness (QED) is 0.171. The monoisotopic (exact) mass is 717 g/mol. The van der Waals surface area contributed by atoms with E-state index in [9.17, 15) is 0 Å². The van der Waals surface area contributed by atoms with E-state index in [-0.39, 0.29) is 0 Å². The van der Waals surface area contributed by atoms with Gasteiger partial charge in [0.25, 0.3) is 0 Å². The first kappa shape index (κ1) is 31.9. The van der Waals surface area contributed by atoms with Crippen LogP contribution in [-0.4, -0.2) is 15.0 Å². The summed E-state index contributed by atoms with van der Waals surface area (Å²) in [7, 11) is 0. The first-order valence-electron chi connectivity index (χ1n) is 18.7. The number of furan rings is 2. The Morgan fingerprint density at radius 3 is 1.55 bits per heavy atom. The molecule has 0 fully saturated rings. The molecule has 0 unspecified atom stereocenters. The lowest BCUT2D eigenvalue weighted by Crippen LogP contribution is -2.00. The summed E-state index contributed by atoms with van der Waals surface area (Å²) in [6.45, 7) is 0. The normalized spacial score (nSPS) is 11.6. The third kappa shape index (κ3) is 5.37. The molecule has 0 saturated carbocycles. The van der Waals surface area contributed by atoms with Crippen LogP contribution in [0.5, 0.6) is 0 Å². The van der Waals surface area contributed by atoms with Crippen molar-refractivity contribution < 1.29 is 8.83 Å². The summed E-state index contributed by atoms with van der Waals surface area (Å²) in [6.07, 6.45) is 0. The molecule has 3 aromatic heterocycles. The molecule has 0 spiro atoms. The van der Waals surface area contributed by atoms with Gasteiger partial charge in [-0.2, -0.15) is 0 Å². The third-order valence-electron chi connectivity index (χ3n) is 10.6. The summed E-state index contributed by atoms with van der Waals surface area (Å²) in [6, 6.07) is 64.5. The Hall–Kier alpha value is -7.63. The molecule has 0 aliphatic heterocycles. The molecular weight excluding hydrogens is 687 g/mol. The van der Waals surface area contributed by atoms with E-state index in [1.165, 1.54) is 11.1 Å². The Morgan fingerprint density at radius 1 is 0.286 bits per heavy atom. The van der Waals surface area contributed by atoms with E-state index in [0.29, 0.717) is 17.5 Å². The zero-order valence-corrected chi connectivity index (χ0v) is 30.1. The van der Waals surface area contributed by atoms with Gasteiger partial charge in [-0.1, -0.05) is 158 Å². The lowest BCUT2D eigenvalue weighted by atomic mass is 9.92. The van der Waals surface area contributed by atoms with E-state index >= 15 is 0 Å². The minimum absolute atomic E-state index is 0.580. The highest BCUT2D eigenvalue weighted by Crippen LogP contribution is 2.45. The molecule has 8 aromatic carbocycles. The largest absolute Gasteiger partial charge is 0.455 e. The third-order valence-corrected chi connectivity index (χ3v) is 10.6. The summed E-state index contributed by atoms with van der Waals surface area (Å²) < 4.78 is 13.6. The molecule has 0 atom stereocenters. The van der Waals surface area contributed by atoms with Gasteiger partial charge in [-0.05, 0) is 52.6 Å². The van der Waals surface area contributed by atoms with Crippen LogP contribution in [0.4, 0.5) is 0 Å². The molecular formula is C51H31N3O2. The van der Waals surface area contributed by atoms with Crippen LogP contribution in [0.15, 0.2) is 197 Å². The Labute approximate surface area is 322 Å². The minimum atomic E-state index is 0.580. The van der Waals surface area contributed by atoms with Crippen LogP contribution in [0, 0.1) is 0 Å². The van der Waals surface area contributed by atoms with Gasteiger partial charge in [0.05, 0.1) is 0 Å². The molecule has 0 N–H and O–H groups in total. The standard InChI is InChI=1S/C51H31N3O2/c1-4-14-32(15-5-1)35-20-12-21-36(30-35)38-28-29-42(48-46(38)43-22-10-11-25-44(43)55-48)41-24-13-23-40-39-27-26-37(31-45(39)56-47(40)41)51-53-49(33-16-6-2-7-17-33)52-50(54-51)34-18-8-3-9-19-34/h1-31H. The van der Waals surface area contributed by atoms with E-state index in [1.807, 2.05) is 84.9 Å². The lowest BCUT2D eigenvalue weighted by molar-refractivity contribution is 0.665. The first-order chi connectivity index (χ1) is 27.7. The number of aromatic nitrogens is 3. The summed E-state index contributed by atoms with van der Waals surface area (Å²) in [5.41, 5.74) is 12.5. The van der Waals surface area contributed by atoms with Gasteiger partial charge in [0, 0.05) is 49.4 Å². The number of hydrogen-bond acceptors (Lipinski definition) is 5. The van der Waals surface area contributed by atoms with E-state index in [4.69, 9.17) is 23.8 Å².